The first-order valence-electron chi connectivity index (χ1n) is 22.8. The maximum absolute atomic E-state index is 14.1. The van der Waals surface area contributed by atoms with Crippen molar-refractivity contribution in [2.75, 3.05) is 20.7 Å². The molecule has 350 valence electrons. The highest BCUT2D eigenvalue weighted by atomic mass is 16.4. The second kappa shape index (κ2) is 24.6. The number of allylic oxidation sites excluding steroid dienone is 2. The number of nitrogens with one attached hydrogen (secondary N) is 2. The van der Waals surface area contributed by atoms with Gasteiger partial charge in [0, 0.05) is 62.8 Å². The van der Waals surface area contributed by atoms with E-state index in [2.05, 4.69) is 17.6 Å². The number of rotatable bonds is 20. The minimum Gasteiger partial charge on any atom is -0.508 e. The SMILES string of the molecule is CCCCCCCCCCc1ccc(C(=O)N(C)[C@H](CO)C(=O)N[C@H](C)C(=O)CCC(=O)N(C)[C@@H]2C(=O)C[C@@H](C)C(=O)N[C@H](C(=O)O)CC3=CCC(O)C(=C3)C3=C(O)C=C[C@H]2C3)cc1. The second-order valence-corrected chi connectivity index (χ2v) is 17.6. The minimum atomic E-state index is -1.33. The monoisotopic (exact) mass is 888 g/mol. The summed E-state index contributed by atoms with van der Waals surface area (Å²) in [7, 11) is 2.80. The van der Waals surface area contributed by atoms with Gasteiger partial charge in [0.2, 0.25) is 17.7 Å². The Labute approximate surface area is 376 Å². The summed E-state index contributed by atoms with van der Waals surface area (Å²) < 4.78 is 0. The molecule has 4 rings (SSSR count). The first kappa shape index (κ1) is 51.2. The number of carbonyl (C=O) groups excluding carboxylic acids is 6. The van der Waals surface area contributed by atoms with Crippen molar-refractivity contribution in [3.05, 3.63) is 82.2 Å². The molecule has 6 N–H and O–H groups in total. The summed E-state index contributed by atoms with van der Waals surface area (Å²) in [6, 6.07) is 2.28. The molecule has 1 heterocycles. The number of unbranched alkanes of at least 4 members (excludes halogenated alkanes) is 7. The van der Waals surface area contributed by atoms with Gasteiger partial charge in [0.05, 0.1) is 24.8 Å². The predicted molar refractivity (Wildman–Crippen MR) is 241 cm³/mol. The van der Waals surface area contributed by atoms with E-state index in [1.807, 2.05) is 12.1 Å². The first-order chi connectivity index (χ1) is 30.5. The number of aliphatic hydroxyl groups excluding tert-OH is 3. The minimum absolute atomic E-state index is 0.0328. The summed E-state index contributed by atoms with van der Waals surface area (Å²) in [5.41, 5.74) is 2.66. The molecule has 1 unspecified atom stereocenters. The molecule has 64 heavy (non-hydrogen) atoms. The van der Waals surface area contributed by atoms with E-state index in [0.717, 1.165) is 29.7 Å². The Morgan fingerprint density at radius 2 is 1.58 bits per heavy atom. The van der Waals surface area contributed by atoms with E-state index in [-0.39, 0.29) is 44.3 Å². The number of aliphatic hydroxyl groups is 3. The van der Waals surface area contributed by atoms with E-state index in [0.29, 0.717) is 22.3 Å². The number of ketones is 2. The lowest BCUT2D eigenvalue weighted by molar-refractivity contribution is -0.143. The molecule has 2 aliphatic carbocycles. The largest absolute Gasteiger partial charge is 0.508 e. The molecule has 3 aliphatic rings. The van der Waals surface area contributed by atoms with Crippen molar-refractivity contribution in [3.8, 4) is 0 Å². The van der Waals surface area contributed by atoms with Gasteiger partial charge in [0.1, 0.15) is 17.8 Å². The summed E-state index contributed by atoms with van der Waals surface area (Å²) in [4.78, 5) is 95.5. The molecule has 1 aliphatic heterocycles. The van der Waals surface area contributed by atoms with Gasteiger partial charge in [-0.3, -0.25) is 28.8 Å². The van der Waals surface area contributed by atoms with E-state index >= 15 is 0 Å². The van der Waals surface area contributed by atoms with Crippen molar-refractivity contribution < 1.29 is 54.0 Å². The lowest BCUT2D eigenvalue weighted by Crippen LogP contribution is -2.53. The van der Waals surface area contributed by atoms with E-state index in [1.54, 1.807) is 30.4 Å². The van der Waals surface area contributed by atoms with Crippen LogP contribution in [0.25, 0.3) is 0 Å². The number of likely N-dealkylation sites (N-methyl/N-ethyl adjacent to an activating group) is 2. The number of benzene rings is 1. The first-order valence-corrected chi connectivity index (χ1v) is 22.8. The van der Waals surface area contributed by atoms with Gasteiger partial charge >= 0.3 is 5.97 Å². The molecule has 0 radical (unpaired) electrons. The number of carboxylic acid groups (broad SMARTS) is 1. The third kappa shape index (κ3) is 14.0. The highest BCUT2D eigenvalue weighted by molar-refractivity contribution is 5.99. The van der Waals surface area contributed by atoms with Gasteiger partial charge in [0.15, 0.2) is 11.6 Å². The second-order valence-electron chi connectivity index (χ2n) is 17.6. The molecule has 1 aromatic rings. The molecule has 1 aromatic carbocycles. The molecule has 0 fully saturated rings. The lowest BCUT2D eigenvalue weighted by Gasteiger charge is -2.36. The van der Waals surface area contributed by atoms with Crippen molar-refractivity contribution in [1.82, 2.24) is 20.4 Å². The molecule has 4 bridgehead atoms. The molecule has 0 saturated carbocycles. The maximum Gasteiger partial charge on any atom is 0.326 e. The number of nitrogens with zero attached hydrogens (tertiary/aromatic N) is 2. The van der Waals surface area contributed by atoms with E-state index in [4.69, 9.17) is 0 Å². The van der Waals surface area contributed by atoms with Crippen LogP contribution in [-0.2, 0) is 35.2 Å². The average Bonchev–Trinajstić information content (AvgIpc) is 3.26. The van der Waals surface area contributed by atoms with Gasteiger partial charge in [0.25, 0.3) is 5.91 Å². The number of fused-ring (bicyclic) bond motifs is 4. The Morgan fingerprint density at radius 1 is 0.922 bits per heavy atom. The van der Waals surface area contributed by atoms with Crippen molar-refractivity contribution in [1.29, 1.82) is 0 Å². The molecule has 15 nitrogen and oxygen atoms in total. The van der Waals surface area contributed by atoms with E-state index in [9.17, 15) is 54.0 Å². The third-order valence-corrected chi connectivity index (χ3v) is 12.7. The van der Waals surface area contributed by atoms with E-state index in [1.165, 1.54) is 77.4 Å². The fourth-order valence-corrected chi connectivity index (χ4v) is 8.56. The Balaban J connectivity index is 1.37. The van der Waals surface area contributed by atoms with Gasteiger partial charge in [-0.2, -0.15) is 0 Å². The van der Waals surface area contributed by atoms with Crippen LogP contribution in [0.3, 0.4) is 0 Å². The predicted octanol–water partition coefficient (Wildman–Crippen LogP) is 5.06. The molecule has 0 spiro atoms. The summed E-state index contributed by atoms with van der Waals surface area (Å²) in [5.74, 6) is -6.63. The van der Waals surface area contributed by atoms with Crippen LogP contribution in [0.2, 0.25) is 0 Å². The zero-order valence-corrected chi connectivity index (χ0v) is 38.0. The van der Waals surface area contributed by atoms with Crippen molar-refractivity contribution >= 4 is 41.2 Å². The fourth-order valence-electron chi connectivity index (χ4n) is 8.56. The number of aryl methyl sites for hydroxylation is 1. The quantitative estimate of drug-likeness (QED) is 0.0949. The van der Waals surface area contributed by atoms with Gasteiger partial charge in [-0.05, 0) is 67.5 Å². The number of hydrogen-bond acceptors (Lipinski definition) is 10. The number of Topliss-reactive ketones (excluding diaryl/α,β-unsaturated/α-hetero) is 2. The van der Waals surface area contributed by atoms with Crippen LogP contribution in [0.5, 0.6) is 0 Å². The summed E-state index contributed by atoms with van der Waals surface area (Å²) in [6.07, 6.45) is 14.9. The fraction of sp³-hybridized carbons (Fsp3) is 0.571. The third-order valence-electron chi connectivity index (χ3n) is 12.7. The van der Waals surface area contributed by atoms with Crippen LogP contribution in [0, 0.1) is 11.8 Å². The molecule has 4 amide bonds. The van der Waals surface area contributed by atoms with Gasteiger partial charge in [-0.25, -0.2) is 4.79 Å². The van der Waals surface area contributed by atoms with Crippen molar-refractivity contribution in [2.24, 2.45) is 11.8 Å². The zero-order chi connectivity index (χ0) is 47.1. The molecular weight excluding hydrogens is 821 g/mol. The van der Waals surface area contributed by atoms with Gasteiger partial charge in [-0.15, -0.1) is 0 Å². The average molecular weight is 889 g/mol. The Bertz CT molecular complexity index is 1990. The molecule has 7 atom stereocenters. The smallest absolute Gasteiger partial charge is 0.326 e. The maximum atomic E-state index is 14.1. The van der Waals surface area contributed by atoms with Crippen molar-refractivity contribution in [2.45, 2.75) is 147 Å². The normalized spacial score (nSPS) is 22.3. The molecule has 0 saturated heterocycles. The lowest BCUT2D eigenvalue weighted by atomic mass is 9.78. The molecular formula is C49H68N4O11. The Hall–Kier alpha value is -5.41. The molecule has 15 heteroatoms. The van der Waals surface area contributed by atoms with Crippen molar-refractivity contribution in [3.63, 3.8) is 0 Å². The molecule has 0 aromatic heterocycles. The highest BCUT2D eigenvalue weighted by Gasteiger charge is 2.39. The summed E-state index contributed by atoms with van der Waals surface area (Å²) >= 11 is 0. The summed E-state index contributed by atoms with van der Waals surface area (Å²) in [6.45, 7) is 4.42. The van der Waals surface area contributed by atoms with Crippen LogP contribution >= 0.6 is 0 Å². The standard InChI is InChI=1S/C49H68N4O11/c1-6-7-8-9-10-11-12-13-14-32-15-18-34(19-16-32)48(62)52(4)39(29-54)47(61)50-31(3)40(55)23-24-44(59)53(5)45-35-20-22-42(57)37(28-35)36-26-33(17-21-41(36)56)27-38(49(63)64)51-46(60)30(2)25-43(45)58/h15-20,22,26,30-31,35,38-39,41,45,54,56-57H,6-14,21,23-25,27-29H2,1-5H3,(H,50,61)(H,51,60)(H,63,64)/t30-,31-,35+,38+,39-,41?,45+/m1/s1. The number of amides is 4. The van der Waals surface area contributed by atoms with Crippen LogP contribution in [-0.4, -0.2) is 122 Å². The van der Waals surface area contributed by atoms with Crippen LogP contribution < -0.4 is 10.6 Å². The van der Waals surface area contributed by atoms with Crippen LogP contribution in [0.4, 0.5) is 0 Å². The van der Waals surface area contributed by atoms with E-state index < -0.39 is 89.9 Å². The number of aliphatic carboxylic acids is 1. The van der Waals surface area contributed by atoms with Gasteiger partial charge in [-0.1, -0.05) is 89.2 Å². The number of carboxylic acids is 1. The van der Waals surface area contributed by atoms with Crippen LogP contribution in [0.15, 0.2) is 71.0 Å². The topological polar surface area (TPSA) is 231 Å². The van der Waals surface area contributed by atoms with Crippen LogP contribution in [0.1, 0.15) is 127 Å². The zero-order valence-electron chi connectivity index (χ0n) is 38.0. The number of hydrogen-bond donors (Lipinski definition) is 6. The number of carbonyl (C=O) groups is 7. The van der Waals surface area contributed by atoms with Gasteiger partial charge < -0.3 is 40.9 Å². The highest BCUT2D eigenvalue weighted by Crippen LogP contribution is 2.37. The Kier molecular flexibility index (Phi) is 19.7. The summed E-state index contributed by atoms with van der Waals surface area (Å²) in [5, 5.41) is 47.0. The Morgan fingerprint density at radius 3 is 2.22 bits per heavy atom.